The van der Waals surface area contributed by atoms with Crippen LogP contribution in [0, 0.1) is 11.6 Å². The fourth-order valence-corrected chi connectivity index (χ4v) is 1.90. The summed E-state index contributed by atoms with van der Waals surface area (Å²) in [6.07, 6.45) is 3.31. The van der Waals surface area contributed by atoms with Crippen LogP contribution in [0.4, 0.5) is 14.5 Å². The number of hydrogen-bond donors (Lipinski definition) is 1. The SMILES string of the molecule is Cn1cc(CC(=O)Nc2cc(Br)c(F)cc2F)cn1. The summed E-state index contributed by atoms with van der Waals surface area (Å²) in [4.78, 5) is 11.7. The van der Waals surface area contributed by atoms with E-state index in [4.69, 9.17) is 0 Å². The summed E-state index contributed by atoms with van der Waals surface area (Å²) in [5.74, 6) is -1.94. The van der Waals surface area contributed by atoms with Gasteiger partial charge in [-0.25, -0.2) is 8.78 Å². The van der Waals surface area contributed by atoms with Gasteiger partial charge in [-0.3, -0.25) is 9.48 Å². The van der Waals surface area contributed by atoms with Crippen molar-refractivity contribution in [1.82, 2.24) is 9.78 Å². The quantitative estimate of drug-likeness (QED) is 0.880. The third kappa shape index (κ3) is 3.37. The fraction of sp³-hybridized carbons (Fsp3) is 0.167. The van der Waals surface area contributed by atoms with Crippen LogP contribution in [-0.2, 0) is 18.3 Å². The molecule has 0 aliphatic carbocycles. The Kier molecular flexibility index (Phi) is 3.94. The molecule has 2 aromatic rings. The first-order valence-corrected chi connectivity index (χ1v) is 6.17. The smallest absolute Gasteiger partial charge is 0.228 e. The minimum atomic E-state index is -0.819. The lowest BCUT2D eigenvalue weighted by Gasteiger charge is -2.06. The number of carbonyl (C=O) groups is 1. The molecule has 1 aromatic heterocycles. The molecule has 0 unspecified atom stereocenters. The second-order valence-corrected chi connectivity index (χ2v) is 4.85. The minimum Gasteiger partial charge on any atom is -0.323 e. The summed E-state index contributed by atoms with van der Waals surface area (Å²) in [7, 11) is 1.73. The maximum absolute atomic E-state index is 13.4. The predicted molar refractivity (Wildman–Crippen MR) is 69.6 cm³/mol. The van der Waals surface area contributed by atoms with E-state index in [-0.39, 0.29) is 16.6 Å². The summed E-state index contributed by atoms with van der Waals surface area (Å²) in [5, 5.41) is 6.31. The predicted octanol–water partition coefficient (Wildman–Crippen LogP) is 2.64. The van der Waals surface area contributed by atoms with Crippen molar-refractivity contribution in [2.45, 2.75) is 6.42 Å². The second-order valence-electron chi connectivity index (χ2n) is 3.99. The van der Waals surface area contributed by atoms with E-state index in [1.54, 1.807) is 24.1 Å². The Balaban J connectivity index is 2.09. The molecule has 0 saturated heterocycles. The zero-order chi connectivity index (χ0) is 14.0. The van der Waals surface area contributed by atoms with E-state index in [9.17, 15) is 13.6 Å². The van der Waals surface area contributed by atoms with Gasteiger partial charge in [-0.2, -0.15) is 5.10 Å². The van der Waals surface area contributed by atoms with E-state index in [1.807, 2.05) is 0 Å². The van der Waals surface area contributed by atoms with Crippen LogP contribution in [0.5, 0.6) is 0 Å². The summed E-state index contributed by atoms with van der Waals surface area (Å²) in [5.41, 5.74) is 0.642. The Labute approximate surface area is 116 Å². The molecular weight excluding hydrogens is 320 g/mol. The van der Waals surface area contributed by atoms with Gasteiger partial charge in [-0.1, -0.05) is 0 Å². The molecule has 0 aliphatic rings. The van der Waals surface area contributed by atoms with Gasteiger partial charge in [0.15, 0.2) is 0 Å². The third-order valence-corrected chi connectivity index (χ3v) is 3.01. The van der Waals surface area contributed by atoms with Gasteiger partial charge in [0.25, 0.3) is 0 Å². The molecular formula is C12H10BrF2N3O. The Morgan fingerprint density at radius 3 is 2.79 bits per heavy atom. The molecule has 0 bridgehead atoms. The molecule has 100 valence electrons. The van der Waals surface area contributed by atoms with Crippen LogP contribution >= 0.6 is 15.9 Å². The average molecular weight is 330 g/mol. The number of hydrogen-bond acceptors (Lipinski definition) is 2. The van der Waals surface area contributed by atoms with E-state index in [0.29, 0.717) is 11.6 Å². The normalized spacial score (nSPS) is 10.5. The van der Waals surface area contributed by atoms with Crippen LogP contribution in [0.2, 0.25) is 0 Å². The van der Waals surface area contributed by atoms with Crippen LogP contribution < -0.4 is 5.32 Å². The fourth-order valence-electron chi connectivity index (χ4n) is 1.56. The van der Waals surface area contributed by atoms with E-state index < -0.39 is 17.5 Å². The van der Waals surface area contributed by atoms with Gasteiger partial charge in [0, 0.05) is 19.3 Å². The van der Waals surface area contributed by atoms with Crippen molar-refractivity contribution in [3.05, 3.63) is 46.2 Å². The number of amides is 1. The van der Waals surface area contributed by atoms with Crippen LogP contribution in [-0.4, -0.2) is 15.7 Å². The molecule has 0 saturated carbocycles. The van der Waals surface area contributed by atoms with E-state index >= 15 is 0 Å². The standard InChI is InChI=1S/C12H10BrF2N3O/c1-18-6-7(5-16-18)2-12(19)17-11-3-8(13)9(14)4-10(11)15/h3-6H,2H2,1H3,(H,17,19). The maximum atomic E-state index is 13.4. The van der Waals surface area contributed by atoms with Crippen molar-refractivity contribution >= 4 is 27.5 Å². The Morgan fingerprint density at radius 1 is 1.42 bits per heavy atom. The van der Waals surface area contributed by atoms with E-state index in [1.165, 1.54) is 6.07 Å². The lowest BCUT2D eigenvalue weighted by molar-refractivity contribution is -0.115. The monoisotopic (exact) mass is 329 g/mol. The molecule has 0 fully saturated rings. The second kappa shape index (κ2) is 5.48. The zero-order valence-electron chi connectivity index (χ0n) is 9.95. The summed E-state index contributed by atoms with van der Waals surface area (Å²) < 4.78 is 28.1. The van der Waals surface area contributed by atoms with Crippen molar-refractivity contribution in [3.63, 3.8) is 0 Å². The highest BCUT2D eigenvalue weighted by molar-refractivity contribution is 9.10. The molecule has 1 aromatic carbocycles. The molecule has 1 heterocycles. The summed E-state index contributed by atoms with van der Waals surface area (Å²) in [6.45, 7) is 0. The molecule has 1 N–H and O–H groups in total. The summed E-state index contributed by atoms with van der Waals surface area (Å²) >= 11 is 2.93. The zero-order valence-corrected chi connectivity index (χ0v) is 11.5. The molecule has 0 radical (unpaired) electrons. The first-order valence-electron chi connectivity index (χ1n) is 5.37. The Hall–Kier alpha value is -1.76. The average Bonchev–Trinajstić information content (AvgIpc) is 2.71. The number of benzene rings is 1. The number of nitrogens with one attached hydrogen (secondary N) is 1. The van der Waals surface area contributed by atoms with Gasteiger partial charge < -0.3 is 5.32 Å². The lowest BCUT2D eigenvalue weighted by Crippen LogP contribution is -2.15. The topological polar surface area (TPSA) is 46.9 Å². The maximum Gasteiger partial charge on any atom is 0.228 e. The largest absolute Gasteiger partial charge is 0.323 e. The molecule has 0 aliphatic heterocycles. The number of anilines is 1. The van der Waals surface area contributed by atoms with Crippen molar-refractivity contribution in [3.8, 4) is 0 Å². The van der Waals surface area contributed by atoms with Crippen molar-refractivity contribution in [1.29, 1.82) is 0 Å². The van der Waals surface area contributed by atoms with Gasteiger partial charge in [-0.15, -0.1) is 0 Å². The number of rotatable bonds is 3. The number of aryl methyl sites for hydroxylation is 1. The minimum absolute atomic E-state index is 0.0674. The number of carbonyl (C=O) groups excluding carboxylic acids is 1. The van der Waals surface area contributed by atoms with Gasteiger partial charge in [0.2, 0.25) is 5.91 Å². The Bertz CT molecular complexity index is 627. The molecule has 7 heteroatoms. The number of aromatic nitrogens is 2. The number of nitrogens with zero attached hydrogens (tertiary/aromatic N) is 2. The highest BCUT2D eigenvalue weighted by atomic mass is 79.9. The van der Waals surface area contributed by atoms with Crippen LogP contribution in [0.3, 0.4) is 0 Å². The molecule has 0 atom stereocenters. The van der Waals surface area contributed by atoms with Crippen molar-refractivity contribution < 1.29 is 13.6 Å². The van der Waals surface area contributed by atoms with Gasteiger partial charge >= 0.3 is 0 Å². The first kappa shape index (κ1) is 13.7. The summed E-state index contributed by atoms with van der Waals surface area (Å²) in [6, 6.07) is 1.90. The van der Waals surface area contributed by atoms with Crippen LogP contribution in [0.1, 0.15) is 5.56 Å². The lowest BCUT2D eigenvalue weighted by atomic mass is 10.2. The van der Waals surface area contributed by atoms with Gasteiger partial charge in [-0.05, 0) is 27.6 Å². The third-order valence-electron chi connectivity index (χ3n) is 2.41. The van der Waals surface area contributed by atoms with E-state index in [0.717, 1.165) is 0 Å². The van der Waals surface area contributed by atoms with Crippen LogP contribution in [0.25, 0.3) is 0 Å². The molecule has 2 rings (SSSR count). The highest BCUT2D eigenvalue weighted by Crippen LogP contribution is 2.23. The molecule has 4 nitrogen and oxygen atoms in total. The van der Waals surface area contributed by atoms with E-state index in [2.05, 4.69) is 26.3 Å². The highest BCUT2D eigenvalue weighted by Gasteiger charge is 2.12. The molecule has 0 spiro atoms. The number of halogens is 3. The van der Waals surface area contributed by atoms with Gasteiger partial charge in [0.1, 0.15) is 11.6 Å². The molecule has 19 heavy (non-hydrogen) atoms. The Morgan fingerprint density at radius 2 is 2.16 bits per heavy atom. The van der Waals surface area contributed by atoms with Crippen LogP contribution in [0.15, 0.2) is 29.0 Å². The molecule has 1 amide bonds. The van der Waals surface area contributed by atoms with Crippen molar-refractivity contribution in [2.75, 3.05) is 5.32 Å². The van der Waals surface area contributed by atoms with Gasteiger partial charge in [0.05, 0.1) is 22.8 Å². The van der Waals surface area contributed by atoms with Crippen molar-refractivity contribution in [2.24, 2.45) is 7.05 Å². The first-order chi connectivity index (χ1) is 8.95.